The molecular formula is C26H17F6N5O4S. The first-order chi connectivity index (χ1) is 19.9. The summed E-state index contributed by atoms with van der Waals surface area (Å²) in [6.45, 7) is 0.974. The zero-order valence-electron chi connectivity index (χ0n) is 21.4. The molecule has 0 bridgehead atoms. The molecular weight excluding hydrogens is 592 g/mol. The van der Waals surface area contributed by atoms with Crippen LogP contribution in [0.2, 0.25) is 0 Å². The van der Waals surface area contributed by atoms with Gasteiger partial charge in [-0.2, -0.15) is 13.9 Å². The highest BCUT2D eigenvalue weighted by molar-refractivity contribution is 7.21. The van der Waals surface area contributed by atoms with Gasteiger partial charge in [0.15, 0.2) is 23.1 Å². The summed E-state index contributed by atoms with van der Waals surface area (Å²) in [5, 5.41) is 6.78. The van der Waals surface area contributed by atoms with Crippen molar-refractivity contribution in [2.24, 2.45) is 12.8 Å². The number of aryl methyl sites for hydroxylation is 1. The van der Waals surface area contributed by atoms with E-state index < -0.39 is 59.6 Å². The van der Waals surface area contributed by atoms with Crippen molar-refractivity contribution in [3.05, 3.63) is 81.5 Å². The lowest BCUT2D eigenvalue weighted by molar-refractivity contribution is 0.0992. The molecule has 0 aliphatic heterocycles. The lowest BCUT2D eigenvalue weighted by atomic mass is 10.0. The summed E-state index contributed by atoms with van der Waals surface area (Å²) < 4.78 is 93.8. The number of nitrogens with one attached hydrogen (secondary N) is 1. The molecule has 0 radical (unpaired) electrons. The number of carbonyl (C=O) groups is 2. The minimum absolute atomic E-state index is 0.00457. The predicted octanol–water partition coefficient (Wildman–Crippen LogP) is 6.02. The molecule has 0 spiro atoms. The van der Waals surface area contributed by atoms with E-state index in [0.717, 1.165) is 12.1 Å². The Kier molecular flexibility index (Phi) is 7.40. The minimum Gasteiger partial charge on any atom is -0.479 e. The number of nitrogens with zero attached hydrogens (tertiary/aromatic N) is 3. The number of nitrogens with two attached hydrogens (primary N) is 1. The summed E-state index contributed by atoms with van der Waals surface area (Å²) >= 11 is 0.694. The highest BCUT2D eigenvalue weighted by Gasteiger charge is 2.27. The fraction of sp³-hybridized carbons (Fsp3) is 0.154. The van der Waals surface area contributed by atoms with E-state index >= 15 is 0 Å². The first-order valence-electron chi connectivity index (χ1n) is 11.8. The monoisotopic (exact) mass is 609 g/mol. The normalized spacial score (nSPS) is 11.5. The van der Waals surface area contributed by atoms with Gasteiger partial charge in [-0.3, -0.25) is 14.3 Å². The van der Waals surface area contributed by atoms with Gasteiger partial charge in [-0.05, 0) is 30.7 Å². The second kappa shape index (κ2) is 10.8. The third-order valence-corrected chi connectivity index (χ3v) is 7.31. The molecule has 9 nitrogen and oxygen atoms in total. The summed E-state index contributed by atoms with van der Waals surface area (Å²) in [5.41, 5.74) is 6.07. The number of pyridine rings is 1. The number of aromatic nitrogens is 3. The molecule has 4 heterocycles. The summed E-state index contributed by atoms with van der Waals surface area (Å²) in [4.78, 5) is 29.2. The summed E-state index contributed by atoms with van der Waals surface area (Å²) in [6.07, 6.45) is -1.52. The molecule has 0 unspecified atom stereocenters. The number of anilines is 1. The van der Waals surface area contributed by atoms with Crippen molar-refractivity contribution in [1.29, 1.82) is 0 Å². The lowest BCUT2D eigenvalue weighted by Crippen LogP contribution is -2.16. The predicted molar refractivity (Wildman–Crippen MR) is 137 cm³/mol. The second-order valence-electron chi connectivity index (χ2n) is 8.82. The van der Waals surface area contributed by atoms with Gasteiger partial charge in [-0.1, -0.05) is 0 Å². The van der Waals surface area contributed by atoms with Crippen LogP contribution in [0.1, 0.15) is 43.8 Å². The van der Waals surface area contributed by atoms with Gasteiger partial charge in [0.05, 0.1) is 11.9 Å². The zero-order valence-corrected chi connectivity index (χ0v) is 22.2. The summed E-state index contributed by atoms with van der Waals surface area (Å²) in [7, 11) is 1.64. The molecule has 0 atom stereocenters. The van der Waals surface area contributed by atoms with E-state index in [-0.39, 0.29) is 43.9 Å². The van der Waals surface area contributed by atoms with Crippen LogP contribution in [0, 0.1) is 30.2 Å². The average Bonchev–Trinajstić information content (AvgIpc) is 3.65. The molecule has 5 aromatic rings. The zero-order chi connectivity index (χ0) is 30.5. The Bertz CT molecular complexity index is 1860. The molecule has 42 heavy (non-hydrogen) atoms. The Morgan fingerprint density at radius 1 is 1.12 bits per heavy atom. The van der Waals surface area contributed by atoms with Crippen LogP contribution in [0.15, 0.2) is 34.9 Å². The van der Waals surface area contributed by atoms with E-state index in [1.807, 2.05) is 0 Å². The van der Waals surface area contributed by atoms with Crippen LogP contribution in [0.25, 0.3) is 21.3 Å². The number of rotatable bonds is 8. The lowest BCUT2D eigenvalue weighted by Gasteiger charge is -2.10. The largest absolute Gasteiger partial charge is 0.479 e. The maximum absolute atomic E-state index is 13.9. The molecule has 0 aliphatic rings. The van der Waals surface area contributed by atoms with Gasteiger partial charge in [-0.15, -0.1) is 11.3 Å². The van der Waals surface area contributed by atoms with Gasteiger partial charge in [0, 0.05) is 29.8 Å². The Morgan fingerprint density at radius 3 is 2.40 bits per heavy atom. The Morgan fingerprint density at radius 2 is 1.81 bits per heavy atom. The molecule has 1 aromatic carbocycles. The summed E-state index contributed by atoms with van der Waals surface area (Å²) in [5.74, 6) is -10.6. The van der Waals surface area contributed by atoms with Crippen LogP contribution in [-0.4, -0.2) is 26.6 Å². The quantitative estimate of drug-likeness (QED) is 0.164. The van der Waals surface area contributed by atoms with E-state index in [1.54, 1.807) is 14.0 Å². The third-order valence-electron chi connectivity index (χ3n) is 6.21. The van der Waals surface area contributed by atoms with E-state index in [4.69, 9.17) is 14.9 Å². The van der Waals surface area contributed by atoms with E-state index in [1.165, 1.54) is 16.9 Å². The van der Waals surface area contributed by atoms with Crippen molar-refractivity contribution in [2.45, 2.75) is 20.0 Å². The van der Waals surface area contributed by atoms with Crippen molar-refractivity contribution in [2.75, 3.05) is 5.32 Å². The number of hydrogen-bond donors (Lipinski definition) is 2. The number of fused-ring (bicyclic) bond motifs is 1. The van der Waals surface area contributed by atoms with E-state index in [9.17, 15) is 35.9 Å². The number of furan rings is 1. The van der Waals surface area contributed by atoms with Gasteiger partial charge in [0.1, 0.15) is 27.8 Å². The number of primary amides is 1. The van der Waals surface area contributed by atoms with Crippen molar-refractivity contribution >= 4 is 39.1 Å². The number of alkyl halides is 2. The number of hydrogen-bond acceptors (Lipinski definition) is 7. The molecule has 0 saturated heterocycles. The maximum atomic E-state index is 13.9. The molecule has 2 amide bonds. The van der Waals surface area contributed by atoms with E-state index in [0.29, 0.717) is 22.6 Å². The first-order valence-corrected chi connectivity index (χ1v) is 12.6. The molecule has 0 aliphatic carbocycles. The van der Waals surface area contributed by atoms with E-state index in [2.05, 4.69) is 15.4 Å². The van der Waals surface area contributed by atoms with Gasteiger partial charge in [0.25, 0.3) is 18.2 Å². The number of carbonyl (C=O) groups excluding carboxylic acids is 2. The number of amides is 2. The van der Waals surface area contributed by atoms with Crippen LogP contribution in [-0.2, 0) is 13.7 Å². The van der Waals surface area contributed by atoms with Crippen LogP contribution in [0.3, 0.4) is 0 Å². The van der Waals surface area contributed by atoms with Crippen molar-refractivity contribution < 1.29 is 45.1 Å². The SMILES string of the molecule is Cc1c(-c2cc(C(F)F)nc3sc(C(N)=O)c(NC(=O)c4ccc(COc5c(F)c(F)cc(F)c5F)o4)c23)cnn1C. The molecule has 3 N–H and O–H groups in total. The molecule has 5 rings (SSSR count). The molecule has 0 saturated carbocycles. The number of thiophene rings is 1. The Hall–Kier alpha value is -4.86. The van der Waals surface area contributed by atoms with Gasteiger partial charge >= 0.3 is 0 Å². The number of benzene rings is 1. The third kappa shape index (κ3) is 5.04. The first kappa shape index (κ1) is 28.7. The van der Waals surface area contributed by atoms with Crippen molar-refractivity contribution in [3.8, 4) is 16.9 Å². The van der Waals surface area contributed by atoms with Crippen LogP contribution < -0.4 is 15.8 Å². The van der Waals surface area contributed by atoms with Crippen LogP contribution in [0.5, 0.6) is 5.75 Å². The smallest absolute Gasteiger partial charge is 0.291 e. The molecule has 218 valence electrons. The Labute approximate surface area is 235 Å². The highest BCUT2D eigenvalue weighted by Crippen LogP contribution is 2.43. The maximum Gasteiger partial charge on any atom is 0.291 e. The topological polar surface area (TPSA) is 125 Å². The average molecular weight is 610 g/mol. The minimum atomic E-state index is -2.95. The van der Waals surface area contributed by atoms with Crippen LogP contribution in [0.4, 0.5) is 32.0 Å². The number of halogens is 6. The summed E-state index contributed by atoms with van der Waals surface area (Å²) in [6, 6.07) is 3.50. The fourth-order valence-corrected chi connectivity index (χ4v) is 5.09. The van der Waals surface area contributed by atoms with Crippen molar-refractivity contribution in [1.82, 2.24) is 14.8 Å². The standard InChI is InChI=1S/C26H17F6N5O4S/c1-9-12(7-34-37(9)2)11-5-15(23(31)32)35-26-17(11)20(22(42-26)24(33)38)36-25(39)16-4-3-10(41-16)8-40-21-18(29)13(27)6-14(28)19(21)30/h3-7,23H,8H2,1-2H3,(H2,33,38)(H,36,39). The fourth-order valence-electron chi connectivity index (χ4n) is 4.07. The molecule has 16 heteroatoms. The highest BCUT2D eigenvalue weighted by atomic mass is 32.1. The second-order valence-corrected chi connectivity index (χ2v) is 9.82. The van der Waals surface area contributed by atoms with Gasteiger partial charge < -0.3 is 20.2 Å². The van der Waals surface area contributed by atoms with Gasteiger partial charge in [0.2, 0.25) is 11.6 Å². The van der Waals surface area contributed by atoms with Gasteiger partial charge in [-0.25, -0.2) is 22.5 Å². The van der Waals surface area contributed by atoms with Crippen LogP contribution >= 0.6 is 11.3 Å². The molecule has 0 fully saturated rings. The molecule has 4 aromatic heterocycles. The number of ether oxygens (including phenoxy) is 1. The van der Waals surface area contributed by atoms with Crippen molar-refractivity contribution in [3.63, 3.8) is 0 Å². The Balaban J connectivity index is 1.50.